The lowest BCUT2D eigenvalue weighted by Gasteiger charge is -2.20. The molecule has 0 N–H and O–H groups in total. The molecule has 0 aromatic heterocycles. The average molecular weight is 376 g/mol. The van der Waals surface area contributed by atoms with Gasteiger partial charge in [0.25, 0.3) is 0 Å². The molecule has 5 heteroatoms. The summed E-state index contributed by atoms with van der Waals surface area (Å²) in [6.45, 7) is 5.32. The van der Waals surface area contributed by atoms with Crippen LogP contribution in [0.5, 0.6) is 0 Å². The Morgan fingerprint density at radius 2 is 1.88 bits per heavy atom. The molecule has 0 saturated carbocycles. The van der Waals surface area contributed by atoms with Crippen molar-refractivity contribution in [2.24, 2.45) is 0 Å². The number of hydrogen-bond acceptors (Lipinski definition) is 3. The van der Waals surface area contributed by atoms with Crippen LogP contribution in [0.3, 0.4) is 0 Å². The van der Waals surface area contributed by atoms with E-state index in [4.69, 9.17) is 0 Å². The van der Waals surface area contributed by atoms with Crippen LogP contribution >= 0.6 is 11.8 Å². The van der Waals surface area contributed by atoms with Gasteiger partial charge in [0.2, 0.25) is 10.0 Å². The van der Waals surface area contributed by atoms with Crippen molar-refractivity contribution in [3.05, 3.63) is 70.8 Å². The van der Waals surface area contributed by atoms with Crippen LogP contribution in [0, 0.1) is 13.8 Å². The van der Waals surface area contributed by atoms with Crippen LogP contribution in [0.2, 0.25) is 0 Å². The molecule has 3 rings (SSSR count). The molecule has 1 atom stereocenters. The number of nitrogens with zero attached hydrogens (tertiary/aromatic N) is 1. The van der Waals surface area contributed by atoms with Gasteiger partial charge in [-0.3, -0.25) is 0 Å². The first-order valence-electron chi connectivity index (χ1n) is 8.66. The zero-order valence-electron chi connectivity index (χ0n) is 14.8. The van der Waals surface area contributed by atoms with E-state index in [-0.39, 0.29) is 5.75 Å². The van der Waals surface area contributed by atoms with Gasteiger partial charge < -0.3 is 0 Å². The van der Waals surface area contributed by atoms with Crippen LogP contribution in [0.25, 0.3) is 0 Å². The molecule has 2 aromatic rings. The third-order valence-corrected chi connectivity index (χ3v) is 7.82. The first-order chi connectivity index (χ1) is 12.0. The standard InChI is InChI=1S/C20H25NO2S2/c1-16-6-5-8-18(14-16)15-25(22,23)21-11-10-20(24-13-12-21)19-9-4-3-7-17(19)2/h3-9,14,20H,10-13,15H2,1-2H3. The van der Waals surface area contributed by atoms with Crippen molar-refractivity contribution in [1.29, 1.82) is 0 Å². The number of rotatable bonds is 4. The highest BCUT2D eigenvalue weighted by Gasteiger charge is 2.27. The maximum atomic E-state index is 12.8. The summed E-state index contributed by atoms with van der Waals surface area (Å²) in [7, 11) is -3.27. The van der Waals surface area contributed by atoms with Crippen molar-refractivity contribution in [1.82, 2.24) is 4.31 Å². The molecule has 1 heterocycles. The van der Waals surface area contributed by atoms with E-state index in [1.807, 2.05) is 43.0 Å². The summed E-state index contributed by atoms with van der Waals surface area (Å²) in [4.78, 5) is 0. The molecule has 134 valence electrons. The predicted molar refractivity (Wildman–Crippen MR) is 106 cm³/mol. The minimum Gasteiger partial charge on any atom is -0.212 e. The zero-order valence-corrected chi connectivity index (χ0v) is 16.4. The van der Waals surface area contributed by atoms with Crippen molar-refractivity contribution in [2.45, 2.75) is 31.3 Å². The topological polar surface area (TPSA) is 37.4 Å². The molecular weight excluding hydrogens is 350 g/mol. The minimum atomic E-state index is -3.27. The van der Waals surface area contributed by atoms with E-state index in [9.17, 15) is 8.42 Å². The van der Waals surface area contributed by atoms with Crippen LogP contribution < -0.4 is 0 Å². The maximum absolute atomic E-state index is 12.8. The molecule has 0 radical (unpaired) electrons. The lowest BCUT2D eigenvalue weighted by Crippen LogP contribution is -2.34. The molecule has 1 saturated heterocycles. The Hall–Kier alpha value is -1.30. The van der Waals surface area contributed by atoms with E-state index < -0.39 is 10.0 Å². The van der Waals surface area contributed by atoms with Gasteiger partial charge in [-0.05, 0) is 37.0 Å². The molecule has 1 aliphatic heterocycles. The first kappa shape index (κ1) is 18.5. The van der Waals surface area contributed by atoms with E-state index in [0.29, 0.717) is 18.3 Å². The molecule has 0 bridgehead atoms. The fraction of sp³-hybridized carbons (Fsp3) is 0.400. The van der Waals surface area contributed by atoms with Gasteiger partial charge in [-0.25, -0.2) is 12.7 Å². The highest BCUT2D eigenvalue weighted by Crippen LogP contribution is 2.36. The number of benzene rings is 2. The molecule has 2 aromatic carbocycles. The maximum Gasteiger partial charge on any atom is 0.218 e. The van der Waals surface area contributed by atoms with Crippen molar-refractivity contribution in [2.75, 3.05) is 18.8 Å². The average Bonchev–Trinajstić information content (AvgIpc) is 2.81. The normalized spacial score (nSPS) is 19.5. The quantitative estimate of drug-likeness (QED) is 0.799. The summed E-state index contributed by atoms with van der Waals surface area (Å²) >= 11 is 1.87. The van der Waals surface area contributed by atoms with Crippen LogP contribution in [-0.2, 0) is 15.8 Å². The SMILES string of the molecule is Cc1cccc(CS(=O)(=O)N2CCSC(c3ccccc3C)CC2)c1. The monoisotopic (exact) mass is 375 g/mol. The highest BCUT2D eigenvalue weighted by atomic mass is 32.2. The van der Waals surface area contributed by atoms with Crippen LogP contribution in [0.1, 0.15) is 33.9 Å². The Bertz CT molecular complexity index is 833. The van der Waals surface area contributed by atoms with Crippen molar-refractivity contribution in [3.63, 3.8) is 0 Å². The van der Waals surface area contributed by atoms with Gasteiger partial charge in [-0.15, -0.1) is 0 Å². The lowest BCUT2D eigenvalue weighted by molar-refractivity contribution is 0.427. The summed E-state index contributed by atoms with van der Waals surface area (Å²) in [5.74, 6) is 0.931. The van der Waals surface area contributed by atoms with Crippen molar-refractivity contribution < 1.29 is 8.42 Å². The minimum absolute atomic E-state index is 0.0916. The van der Waals surface area contributed by atoms with Gasteiger partial charge in [0.1, 0.15) is 0 Å². The number of sulfonamides is 1. The van der Waals surface area contributed by atoms with E-state index in [1.54, 1.807) is 4.31 Å². The van der Waals surface area contributed by atoms with Gasteiger partial charge in [-0.2, -0.15) is 11.8 Å². The number of thioether (sulfide) groups is 1. The highest BCUT2D eigenvalue weighted by molar-refractivity contribution is 7.99. The fourth-order valence-electron chi connectivity index (χ4n) is 3.33. The van der Waals surface area contributed by atoms with Crippen molar-refractivity contribution >= 4 is 21.8 Å². The van der Waals surface area contributed by atoms with Gasteiger partial charge in [0.05, 0.1) is 5.75 Å². The summed E-state index contributed by atoms with van der Waals surface area (Å²) in [6.07, 6.45) is 0.864. The van der Waals surface area contributed by atoms with Gasteiger partial charge >= 0.3 is 0 Å². The van der Waals surface area contributed by atoms with E-state index in [2.05, 4.69) is 31.2 Å². The van der Waals surface area contributed by atoms with E-state index in [1.165, 1.54) is 11.1 Å². The van der Waals surface area contributed by atoms with Gasteiger partial charge in [0.15, 0.2) is 0 Å². The second-order valence-corrected chi connectivity index (χ2v) is 9.93. The Kier molecular flexibility index (Phi) is 5.87. The molecule has 25 heavy (non-hydrogen) atoms. The largest absolute Gasteiger partial charge is 0.218 e. The fourth-order valence-corrected chi connectivity index (χ4v) is 6.31. The number of hydrogen-bond donors (Lipinski definition) is 0. The smallest absolute Gasteiger partial charge is 0.212 e. The number of aryl methyl sites for hydroxylation is 2. The van der Waals surface area contributed by atoms with Crippen LogP contribution in [0.4, 0.5) is 0 Å². The summed E-state index contributed by atoms with van der Waals surface area (Å²) in [6, 6.07) is 16.2. The molecule has 0 amide bonds. The van der Waals surface area contributed by atoms with Crippen LogP contribution in [-0.4, -0.2) is 31.6 Å². The summed E-state index contributed by atoms with van der Waals surface area (Å²) in [5.41, 5.74) is 4.59. The predicted octanol–water partition coefficient (Wildman–Crippen LogP) is 4.31. The summed E-state index contributed by atoms with van der Waals surface area (Å²) < 4.78 is 27.4. The van der Waals surface area contributed by atoms with Crippen LogP contribution in [0.15, 0.2) is 48.5 Å². The van der Waals surface area contributed by atoms with E-state index in [0.717, 1.165) is 23.3 Å². The lowest BCUT2D eigenvalue weighted by atomic mass is 10.0. The summed E-state index contributed by atoms with van der Waals surface area (Å²) in [5, 5.41) is 0.375. The second kappa shape index (κ2) is 7.94. The van der Waals surface area contributed by atoms with Gasteiger partial charge in [-0.1, -0.05) is 54.1 Å². The third kappa shape index (κ3) is 4.66. The Morgan fingerprint density at radius 3 is 2.64 bits per heavy atom. The molecule has 0 spiro atoms. The molecule has 3 nitrogen and oxygen atoms in total. The first-order valence-corrected chi connectivity index (χ1v) is 11.3. The molecular formula is C20H25NO2S2. The van der Waals surface area contributed by atoms with Gasteiger partial charge in [0, 0.05) is 24.1 Å². The third-order valence-electron chi connectivity index (χ3n) is 4.66. The molecule has 1 aliphatic rings. The second-order valence-electron chi connectivity index (χ2n) is 6.65. The molecule has 1 unspecified atom stereocenters. The van der Waals surface area contributed by atoms with E-state index >= 15 is 0 Å². The Labute approximate surface area is 155 Å². The molecule has 1 fully saturated rings. The Balaban J connectivity index is 1.71. The zero-order chi connectivity index (χ0) is 17.9. The molecule has 0 aliphatic carbocycles. The Morgan fingerprint density at radius 1 is 1.08 bits per heavy atom. The van der Waals surface area contributed by atoms with Crippen molar-refractivity contribution in [3.8, 4) is 0 Å².